The number of nitro benzene ring substituents is 1. The molecule has 2 unspecified atom stereocenters. The molecule has 0 bridgehead atoms. The van der Waals surface area contributed by atoms with Crippen LogP contribution in [0.25, 0.3) is 0 Å². The van der Waals surface area contributed by atoms with Crippen molar-refractivity contribution in [3.05, 3.63) is 39.7 Å². The summed E-state index contributed by atoms with van der Waals surface area (Å²) >= 11 is 0. The van der Waals surface area contributed by atoms with Crippen molar-refractivity contribution in [2.75, 3.05) is 13.1 Å². The van der Waals surface area contributed by atoms with E-state index in [1.165, 1.54) is 4.90 Å². The molecule has 0 radical (unpaired) electrons. The Morgan fingerprint density at radius 3 is 2.85 bits per heavy atom. The summed E-state index contributed by atoms with van der Waals surface area (Å²) in [6, 6.07) is 2.94. The zero-order valence-corrected chi connectivity index (χ0v) is 11.1. The second-order valence-corrected chi connectivity index (χ2v) is 5.08. The summed E-state index contributed by atoms with van der Waals surface area (Å²) in [5.41, 5.74) is 5.24. The zero-order valence-electron chi connectivity index (χ0n) is 11.1. The maximum absolute atomic E-state index is 13.7. The molecule has 1 heterocycles. The first-order chi connectivity index (χ1) is 9.40. The number of carbonyl (C=O) groups excluding carboxylic acids is 1. The Bertz CT molecular complexity index is 548. The summed E-state index contributed by atoms with van der Waals surface area (Å²) in [5, 5.41) is 10.7. The van der Waals surface area contributed by atoms with Crippen LogP contribution in [-0.2, 0) is 0 Å². The van der Waals surface area contributed by atoms with Crippen LogP contribution in [0.2, 0.25) is 0 Å². The number of halogens is 1. The van der Waals surface area contributed by atoms with E-state index in [4.69, 9.17) is 5.73 Å². The Morgan fingerprint density at radius 1 is 1.60 bits per heavy atom. The molecule has 1 aromatic carbocycles. The number of hydrogen-bond acceptors (Lipinski definition) is 4. The molecule has 0 saturated carbocycles. The molecule has 2 rings (SSSR count). The average molecular weight is 281 g/mol. The highest BCUT2D eigenvalue weighted by Crippen LogP contribution is 2.23. The highest BCUT2D eigenvalue weighted by molar-refractivity contribution is 5.95. The number of nitrogens with two attached hydrogens (primary N) is 1. The molecular weight excluding hydrogens is 265 g/mol. The van der Waals surface area contributed by atoms with Gasteiger partial charge in [-0.15, -0.1) is 0 Å². The second kappa shape index (κ2) is 5.54. The van der Waals surface area contributed by atoms with E-state index in [9.17, 15) is 19.3 Å². The van der Waals surface area contributed by atoms with Crippen LogP contribution in [0.3, 0.4) is 0 Å². The van der Waals surface area contributed by atoms with Crippen molar-refractivity contribution in [2.45, 2.75) is 19.4 Å². The van der Waals surface area contributed by atoms with Gasteiger partial charge in [0.2, 0.25) is 0 Å². The minimum atomic E-state index is -0.746. The van der Waals surface area contributed by atoms with Crippen molar-refractivity contribution in [1.29, 1.82) is 0 Å². The standard InChI is InChI=1S/C13H16FN3O3/c1-8(15)9-4-5-16(7-9)13(18)11-6-10(17(19)20)2-3-12(11)14/h2-3,6,8-9H,4-5,7,15H2,1H3. The molecule has 7 heteroatoms. The molecule has 1 aliphatic heterocycles. The molecular formula is C13H16FN3O3. The topological polar surface area (TPSA) is 89.5 Å². The third kappa shape index (κ3) is 2.77. The van der Waals surface area contributed by atoms with Gasteiger partial charge in [-0.25, -0.2) is 4.39 Å². The number of nitro groups is 1. The predicted molar refractivity (Wildman–Crippen MR) is 70.7 cm³/mol. The van der Waals surface area contributed by atoms with Crippen LogP contribution in [0.1, 0.15) is 23.7 Å². The molecule has 0 aromatic heterocycles. The number of likely N-dealkylation sites (tertiary alicyclic amines) is 1. The quantitative estimate of drug-likeness (QED) is 0.672. The van der Waals surface area contributed by atoms with Crippen molar-refractivity contribution >= 4 is 11.6 Å². The average Bonchev–Trinajstić information content (AvgIpc) is 2.88. The number of rotatable bonds is 3. The van der Waals surface area contributed by atoms with E-state index < -0.39 is 16.6 Å². The molecule has 1 aliphatic rings. The minimum Gasteiger partial charge on any atom is -0.338 e. The number of benzene rings is 1. The molecule has 0 aliphatic carbocycles. The SMILES string of the molecule is CC(N)C1CCN(C(=O)c2cc([N+](=O)[O-])ccc2F)C1. The first kappa shape index (κ1) is 14.4. The highest BCUT2D eigenvalue weighted by atomic mass is 19.1. The van der Waals surface area contributed by atoms with E-state index in [-0.39, 0.29) is 23.2 Å². The van der Waals surface area contributed by atoms with Crippen LogP contribution in [-0.4, -0.2) is 34.9 Å². The minimum absolute atomic E-state index is 0.0391. The number of non-ortho nitro benzene ring substituents is 1. The lowest BCUT2D eigenvalue weighted by Gasteiger charge is -2.18. The Labute approximate surface area is 115 Å². The molecule has 20 heavy (non-hydrogen) atoms. The monoisotopic (exact) mass is 281 g/mol. The Balaban J connectivity index is 2.21. The van der Waals surface area contributed by atoms with E-state index in [1.807, 2.05) is 6.92 Å². The summed E-state index contributed by atoms with van der Waals surface area (Å²) in [7, 11) is 0. The van der Waals surface area contributed by atoms with Gasteiger partial charge in [-0.05, 0) is 25.3 Å². The number of amides is 1. The molecule has 108 valence electrons. The lowest BCUT2D eigenvalue weighted by molar-refractivity contribution is -0.384. The molecule has 0 spiro atoms. The normalized spacial score (nSPS) is 19.9. The van der Waals surface area contributed by atoms with Gasteiger partial charge in [0.15, 0.2) is 0 Å². The summed E-state index contributed by atoms with van der Waals surface area (Å²) in [6.07, 6.45) is 0.764. The molecule has 1 saturated heterocycles. The fourth-order valence-corrected chi connectivity index (χ4v) is 2.36. The number of carbonyl (C=O) groups is 1. The lowest BCUT2D eigenvalue weighted by Crippen LogP contribution is -2.33. The predicted octanol–water partition coefficient (Wildman–Crippen LogP) is 1.54. The van der Waals surface area contributed by atoms with E-state index in [0.717, 1.165) is 24.6 Å². The number of hydrogen-bond donors (Lipinski definition) is 1. The van der Waals surface area contributed by atoms with Gasteiger partial charge < -0.3 is 10.6 Å². The van der Waals surface area contributed by atoms with Crippen LogP contribution < -0.4 is 5.73 Å². The first-order valence-electron chi connectivity index (χ1n) is 6.39. The van der Waals surface area contributed by atoms with Gasteiger partial charge in [-0.1, -0.05) is 0 Å². The zero-order chi connectivity index (χ0) is 14.9. The van der Waals surface area contributed by atoms with Gasteiger partial charge in [-0.2, -0.15) is 0 Å². The smallest absolute Gasteiger partial charge is 0.270 e. The van der Waals surface area contributed by atoms with Crippen molar-refractivity contribution in [3.8, 4) is 0 Å². The van der Waals surface area contributed by atoms with Gasteiger partial charge >= 0.3 is 0 Å². The Kier molecular flexibility index (Phi) is 3.99. The van der Waals surface area contributed by atoms with Gasteiger partial charge in [-0.3, -0.25) is 14.9 Å². The molecule has 2 N–H and O–H groups in total. The Morgan fingerprint density at radius 2 is 2.30 bits per heavy atom. The highest BCUT2D eigenvalue weighted by Gasteiger charge is 2.30. The third-order valence-corrected chi connectivity index (χ3v) is 3.65. The third-order valence-electron chi connectivity index (χ3n) is 3.65. The molecule has 2 atom stereocenters. The van der Waals surface area contributed by atoms with Gasteiger partial charge in [0, 0.05) is 31.3 Å². The maximum atomic E-state index is 13.7. The summed E-state index contributed by atoms with van der Waals surface area (Å²) in [5.74, 6) is -1.08. The van der Waals surface area contributed by atoms with Gasteiger partial charge in [0.05, 0.1) is 10.5 Å². The van der Waals surface area contributed by atoms with Crippen molar-refractivity contribution in [1.82, 2.24) is 4.90 Å². The lowest BCUT2D eigenvalue weighted by atomic mass is 10.0. The van der Waals surface area contributed by atoms with Crippen LogP contribution >= 0.6 is 0 Å². The van der Waals surface area contributed by atoms with Crippen molar-refractivity contribution < 1.29 is 14.1 Å². The molecule has 1 fully saturated rings. The van der Waals surface area contributed by atoms with Crippen LogP contribution in [0.4, 0.5) is 10.1 Å². The molecule has 6 nitrogen and oxygen atoms in total. The van der Waals surface area contributed by atoms with Crippen molar-refractivity contribution in [3.63, 3.8) is 0 Å². The van der Waals surface area contributed by atoms with E-state index in [1.54, 1.807) is 0 Å². The maximum Gasteiger partial charge on any atom is 0.270 e. The van der Waals surface area contributed by atoms with E-state index >= 15 is 0 Å². The van der Waals surface area contributed by atoms with Crippen LogP contribution in [0.15, 0.2) is 18.2 Å². The first-order valence-corrected chi connectivity index (χ1v) is 6.39. The largest absolute Gasteiger partial charge is 0.338 e. The molecule has 1 aromatic rings. The summed E-state index contributed by atoms with van der Waals surface area (Å²) in [4.78, 5) is 23.8. The fourth-order valence-electron chi connectivity index (χ4n) is 2.36. The van der Waals surface area contributed by atoms with Crippen LogP contribution in [0.5, 0.6) is 0 Å². The van der Waals surface area contributed by atoms with E-state index in [2.05, 4.69) is 0 Å². The van der Waals surface area contributed by atoms with Crippen LogP contribution in [0, 0.1) is 21.8 Å². The summed E-state index contributed by atoms with van der Waals surface area (Å²) in [6.45, 7) is 2.82. The van der Waals surface area contributed by atoms with Gasteiger partial charge in [0.1, 0.15) is 5.82 Å². The van der Waals surface area contributed by atoms with Crippen molar-refractivity contribution in [2.24, 2.45) is 11.7 Å². The fraction of sp³-hybridized carbons (Fsp3) is 0.462. The van der Waals surface area contributed by atoms with E-state index in [0.29, 0.717) is 13.1 Å². The second-order valence-electron chi connectivity index (χ2n) is 5.08. The number of nitrogens with zero attached hydrogens (tertiary/aromatic N) is 2. The van der Waals surface area contributed by atoms with Gasteiger partial charge in [0.25, 0.3) is 11.6 Å². The summed E-state index contributed by atoms with van der Waals surface area (Å²) < 4.78 is 13.7. The Hall–Kier alpha value is -2.02. The molecule has 1 amide bonds.